The van der Waals surface area contributed by atoms with Gasteiger partial charge in [-0.25, -0.2) is 4.79 Å². The second-order valence-corrected chi connectivity index (χ2v) is 6.22. The number of rotatable bonds is 5. The Morgan fingerprint density at radius 1 is 0.889 bits per heavy atom. The molecule has 0 saturated carbocycles. The van der Waals surface area contributed by atoms with Crippen LogP contribution in [0.4, 0.5) is 16.2 Å². The zero-order valence-electron chi connectivity index (χ0n) is 15.6. The van der Waals surface area contributed by atoms with Gasteiger partial charge in [0.25, 0.3) is 0 Å². The maximum Gasteiger partial charge on any atom is 0.323 e. The van der Waals surface area contributed by atoms with Crippen LogP contribution in [0.1, 0.15) is 18.1 Å². The van der Waals surface area contributed by atoms with E-state index in [1.807, 2.05) is 63.2 Å². The normalized spacial score (nSPS) is 10.3. The minimum absolute atomic E-state index is 0.284. The number of carbonyl (C=O) groups excluding carboxylic acids is 1. The molecule has 1 aromatic heterocycles. The van der Waals surface area contributed by atoms with Crippen molar-refractivity contribution in [2.45, 2.75) is 20.8 Å². The van der Waals surface area contributed by atoms with Gasteiger partial charge in [0.15, 0.2) is 0 Å². The number of hydrogen-bond acceptors (Lipinski definition) is 4. The van der Waals surface area contributed by atoms with E-state index < -0.39 is 0 Å². The largest absolute Gasteiger partial charge is 0.477 e. The highest BCUT2D eigenvalue weighted by atomic mass is 16.5. The minimum Gasteiger partial charge on any atom is -0.477 e. The number of benzene rings is 2. The van der Waals surface area contributed by atoms with Gasteiger partial charge in [-0.05, 0) is 62.2 Å². The van der Waals surface area contributed by atoms with Crippen LogP contribution in [-0.2, 0) is 0 Å². The van der Waals surface area contributed by atoms with Crippen LogP contribution < -0.4 is 15.4 Å². The van der Waals surface area contributed by atoms with E-state index in [1.165, 1.54) is 0 Å². The first kappa shape index (κ1) is 18.4. The molecule has 2 aromatic carbocycles. The fraction of sp³-hybridized carbons (Fsp3) is 0.190. The lowest BCUT2D eigenvalue weighted by Gasteiger charge is -2.10. The van der Waals surface area contributed by atoms with Gasteiger partial charge in [0, 0.05) is 23.0 Å². The van der Waals surface area contributed by atoms with Crippen molar-refractivity contribution in [1.82, 2.24) is 10.2 Å². The molecular weight excluding hydrogens is 340 g/mol. The topological polar surface area (TPSA) is 76.1 Å². The van der Waals surface area contributed by atoms with E-state index in [1.54, 1.807) is 6.07 Å². The minimum atomic E-state index is -0.284. The maximum atomic E-state index is 12.2. The van der Waals surface area contributed by atoms with Crippen molar-refractivity contribution in [1.29, 1.82) is 0 Å². The summed E-state index contributed by atoms with van der Waals surface area (Å²) in [4.78, 5) is 12.2. The van der Waals surface area contributed by atoms with E-state index in [9.17, 15) is 4.79 Å². The number of aromatic nitrogens is 2. The van der Waals surface area contributed by atoms with Crippen LogP contribution in [0.15, 0.2) is 54.6 Å². The predicted octanol–water partition coefficient (Wildman–Crippen LogP) is 4.80. The molecule has 0 bridgehead atoms. The molecule has 0 fully saturated rings. The highest BCUT2D eigenvalue weighted by Crippen LogP contribution is 2.21. The Morgan fingerprint density at radius 3 is 2.15 bits per heavy atom. The van der Waals surface area contributed by atoms with Gasteiger partial charge in [0.2, 0.25) is 5.88 Å². The molecule has 6 heteroatoms. The van der Waals surface area contributed by atoms with E-state index in [0.29, 0.717) is 18.2 Å². The molecule has 0 spiro atoms. The summed E-state index contributed by atoms with van der Waals surface area (Å²) in [5.74, 6) is 0.502. The fourth-order valence-electron chi connectivity index (χ4n) is 2.76. The summed E-state index contributed by atoms with van der Waals surface area (Å²) >= 11 is 0. The summed E-state index contributed by atoms with van der Waals surface area (Å²) in [6.45, 7) is 6.45. The van der Waals surface area contributed by atoms with Crippen LogP contribution in [0.3, 0.4) is 0 Å². The molecule has 0 atom stereocenters. The van der Waals surface area contributed by atoms with Crippen molar-refractivity contribution >= 4 is 17.4 Å². The Morgan fingerprint density at radius 2 is 1.56 bits per heavy atom. The molecular formula is C21H22N4O2. The van der Waals surface area contributed by atoms with E-state index in [-0.39, 0.29) is 6.03 Å². The van der Waals surface area contributed by atoms with Gasteiger partial charge in [-0.3, -0.25) is 0 Å². The molecule has 3 rings (SSSR count). The number of carbonyl (C=O) groups is 1. The van der Waals surface area contributed by atoms with Crippen LogP contribution in [0.2, 0.25) is 0 Å². The molecule has 0 radical (unpaired) electrons. The molecule has 0 aliphatic rings. The van der Waals surface area contributed by atoms with Crippen LogP contribution in [-0.4, -0.2) is 22.8 Å². The molecule has 2 amide bonds. The number of nitrogens with zero attached hydrogens (tertiary/aromatic N) is 2. The van der Waals surface area contributed by atoms with Crippen LogP contribution >= 0.6 is 0 Å². The van der Waals surface area contributed by atoms with Crippen molar-refractivity contribution in [2.24, 2.45) is 0 Å². The first-order valence-corrected chi connectivity index (χ1v) is 8.77. The zero-order valence-corrected chi connectivity index (χ0v) is 15.6. The van der Waals surface area contributed by atoms with Crippen LogP contribution in [0.5, 0.6) is 5.88 Å². The average Bonchev–Trinajstić information content (AvgIpc) is 2.62. The second kappa shape index (κ2) is 8.31. The van der Waals surface area contributed by atoms with Gasteiger partial charge in [0.05, 0.1) is 12.3 Å². The number of nitrogens with one attached hydrogen (secondary N) is 2. The van der Waals surface area contributed by atoms with Gasteiger partial charge in [-0.1, -0.05) is 18.2 Å². The summed E-state index contributed by atoms with van der Waals surface area (Å²) in [7, 11) is 0. The van der Waals surface area contributed by atoms with Crippen molar-refractivity contribution in [3.63, 3.8) is 0 Å². The van der Waals surface area contributed by atoms with Gasteiger partial charge >= 0.3 is 6.03 Å². The molecule has 0 saturated heterocycles. The molecule has 3 aromatic rings. The number of amides is 2. The first-order valence-electron chi connectivity index (χ1n) is 8.77. The number of aryl methyl sites for hydroxylation is 2. The maximum absolute atomic E-state index is 12.2. The Balaban J connectivity index is 1.63. The number of hydrogen-bond donors (Lipinski definition) is 2. The summed E-state index contributed by atoms with van der Waals surface area (Å²) in [5.41, 5.74) is 5.32. The van der Waals surface area contributed by atoms with Gasteiger partial charge in [-0.2, -0.15) is 0 Å². The monoisotopic (exact) mass is 362 g/mol. The molecule has 0 aliphatic carbocycles. The SMILES string of the molecule is CCOc1ccc(-c2ccc(NC(=O)Nc3cc(C)cc(C)c3)cc2)nn1. The Labute approximate surface area is 158 Å². The molecule has 1 heterocycles. The second-order valence-electron chi connectivity index (χ2n) is 6.22. The van der Waals surface area contributed by atoms with Gasteiger partial charge in [0.1, 0.15) is 0 Å². The van der Waals surface area contributed by atoms with Crippen molar-refractivity contribution in [3.8, 4) is 17.1 Å². The molecule has 2 N–H and O–H groups in total. The Bertz CT molecular complexity index is 902. The third-order valence-electron chi connectivity index (χ3n) is 3.85. The lowest BCUT2D eigenvalue weighted by molar-refractivity contribution is 0.262. The molecule has 6 nitrogen and oxygen atoms in total. The molecule has 0 unspecified atom stereocenters. The molecule has 138 valence electrons. The van der Waals surface area contributed by atoms with E-state index in [0.717, 1.165) is 28.1 Å². The van der Waals surface area contributed by atoms with Crippen molar-refractivity contribution < 1.29 is 9.53 Å². The number of anilines is 2. The van der Waals surface area contributed by atoms with E-state index in [2.05, 4.69) is 26.9 Å². The van der Waals surface area contributed by atoms with Crippen LogP contribution in [0.25, 0.3) is 11.3 Å². The van der Waals surface area contributed by atoms with Crippen LogP contribution in [0, 0.1) is 13.8 Å². The Kier molecular flexibility index (Phi) is 5.66. The number of urea groups is 1. The standard InChI is InChI=1S/C21H22N4O2/c1-4-27-20-10-9-19(24-25-20)16-5-7-17(8-6-16)22-21(26)23-18-12-14(2)11-15(3)13-18/h5-13H,4H2,1-3H3,(H2,22,23,26). The smallest absolute Gasteiger partial charge is 0.323 e. The number of ether oxygens (including phenoxy) is 1. The van der Waals surface area contributed by atoms with E-state index in [4.69, 9.17) is 4.74 Å². The fourth-order valence-corrected chi connectivity index (χ4v) is 2.76. The summed E-state index contributed by atoms with van der Waals surface area (Å²) < 4.78 is 5.30. The highest BCUT2D eigenvalue weighted by molar-refractivity contribution is 5.99. The van der Waals surface area contributed by atoms with Gasteiger partial charge in [-0.15, -0.1) is 10.2 Å². The van der Waals surface area contributed by atoms with Crippen molar-refractivity contribution in [3.05, 3.63) is 65.7 Å². The van der Waals surface area contributed by atoms with Crippen molar-refractivity contribution in [2.75, 3.05) is 17.2 Å². The summed E-state index contributed by atoms with van der Waals surface area (Å²) in [6, 6.07) is 16.7. The lowest BCUT2D eigenvalue weighted by Crippen LogP contribution is -2.19. The van der Waals surface area contributed by atoms with Gasteiger partial charge < -0.3 is 15.4 Å². The summed E-state index contributed by atoms with van der Waals surface area (Å²) in [5, 5.41) is 13.9. The average molecular weight is 362 g/mol. The molecule has 27 heavy (non-hydrogen) atoms. The Hall–Kier alpha value is -3.41. The zero-order chi connectivity index (χ0) is 19.2. The molecule has 0 aliphatic heterocycles. The summed E-state index contributed by atoms with van der Waals surface area (Å²) in [6.07, 6.45) is 0. The first-order chi connectivity index (χ1) is 13.0. The lowest BCUT2D eigenvalue weighted by atomic mass is 10.1. The van der Waals surface area contributed by atoms with E-state index >= 15 is 0 Å². The third-order valence-corrected chi connectivity index (χ3v) is 3.85. The highest BCUT2D eigenvalue weighted by Gasteiger charge is 2.06. The quantitative estimate of drug-likeness (QED) is 0.683. The predicted molar refractivity (Wildman–Crippen MR) is 107 cm³/mol. The third kappa shape index (κ3) is 5.04.